The fourth-order valence-corrected chi connectivity index (χ4v) is 3.27. The molecule has 2 aromatic heterocycles. The van der Waals surface area contributed by atoms with E-state index in [1.54, 1.807) is 13.8 Å². The summed E-state index contributed by atoms with van der Waals surface area (Å²) in [5.41, 5.74) is 3.75. The predicted octanol–water partition coefficient (Wildman–Crippen LogP) is 3.78. The van der Waals surface area contributed by atoms with E-state index in [9.17, 15) is 14.0 Å². The van der Waals surface area contributed by atoms with Crippen LogP contribution in [0.5, 0.6) is 0 Å². The summed E-state index contributed by atoms with van der Waals surface area (Å²) in [5, 5.41) is 3.60. The molecule has 0 atom stereocenters. The summed E-state index contributed by atoms with van der Waals surface area (Å²) in [7, 11) is 0. The van der Waals surface area contributed by atoms with Crippen molar-refractivity contribution in [2.45, 2.75) is 34.2 Å². The standard InChI is InChI=1S/C21H22FN3O3/c1-5-28-21(27)17-10-23-18-12(3)7-14(22)8-15(18)19(17)24-9-16-11(2)6-13(4)25-20(16)26/h6-8,10H,5,9H2,1-4H3,(H,23,24)(H,25,26). The summed E-state index contributed by atoms with van der Waals surface area (Å²) < 4.78 is 19.2. The fourth-order valence-electron chi connectivity index (χ4n) is 3.27. The normalized spacial score (nSPS) is 10.9. The molecule has 0 amide bonds. The van der Waals surface area contributed by atoms with Crippen molar-refractivity contribution in [3.63, 3.8) is 0 Å². The molecule has 0 aliphatic carbocycles. The van der Waals surface area contributed by atoms with Crippen LogP contribution in [0.3, 0.4) is 0 Å². The number of rotatable bonds is 5. The highest BCUT2D eigenvalue weighted by atomic mass is 19.1. The number of aryl methyl sites for hydroxylation is 3. The lowest BCUT2D eigenvalue weighted by Crippen LogP contribution is -2.19. The first-order chi connectivity index (χ1) is 13.3. The molecule has 0 saturated heterocycles. The number of pyridine rings is 2. The molecule has 1 aromatic carbocycles. The molecule has 0 aliphatic rings. The Labute approximate surface area is 161 Å². The first-order valence-corrected chi connectivity index (χ1v) is 9.01. The van der Waals surface area contributed by atoms with Gasteiger partial charge in [-0.05, 0) is 57.0 Å². The van der Waals surface area contributed by atoms with Crippen molar-refractivity contribution in [2.75, 3.05) is 11.9 Å². The van der Waals surface area contributed by atoms with Crippen LogP contribution in [0, 0.1) is 26.6 Å². The van der Waals surface area contributed by atoms with Gasteiger partial charge in [-0.2, -0.15) is 0 Å². The fraction of sp³-hybridized carbons (Fsp3) is 0.286. The molecular weight excluding hydrogens is 361 g/mol. The number of aromatic amines is 1. The highest BCUT2D eigenvalue weighted by molar-refractivity contribution is 6.05. The van der Waals surface area contributed by atoms with E-state index < -0.39 is 11.8 Å². The van der Waals surface area contributed by atoms with E-state index in [1.165, 1.54) is 18.3 Å². The quantitative estimate of drug-likeness (QED) is 0.655. The van der Waals surface area contributed by atoms with Crippen LogP contribution in [-0.2, 0) is 11.3 Å². The topological polar surface area (TPSA) is 84.1 Å². The summed E-state index contributed by atoms with van der Waals surface area (Å²) in [4.78, 5) is 31.8. The number of hydrogen-bond acceptors (Lipinski definition) is 5. The van der Waals surface area contributed by atoms with Crippen LogP contribution in [0.15, 0.2) is 29.2 Å². The number of nitrogens with zero attached hydrogens (tertiary/aromatic N) is 1. The number of hydrogen-bond donors (Lipinski definition) is 2. The maximum Gasteiger partial charge on any atom is 0.341 e. The van der Waals surface area contributed by atoms with Crippen LogP contribution in [0.4, 0.5) is 10.1 Å². The number of benzene rings is 1. The summed E-state index contributed by atoms with van der Waals surface area (Å²) in [6.45, 7) is 7.49. The SMILES string of the molecule is CCOC(=O)c1cnc2c(C)cc(F)cc2c1NCc1c(C)cc(C)[nH]c1=O. The van der Waals surface area contributed by atoms with Crippen LogP contribution >= 0.6 is 0 Å². The number of esters is 1. The second-order valence-corrected chi connectivity index (χ2v) is 6.68. The molecule has 0 radical (unpaired) electrons. The number of anilines is 1. The summed E-state index contributed by atoms with van der Waals surface area (Å²) in [5.74, 6) is -0.990. The lowest BCUT2D eigenvalue weighted by Gasteiger charge is -2.16. The number of carbonyl (C=O) groups is 1. The van der Waals surface area contributed by atoms with Crippen molar-refractivity contribution < 1.29 is 13.9 Å². The van der Waals surface area contributed by atoms with E-state index in [0.29, 0.717) is 27.7 Å². The molecule has 7 heteroatoms. The molecule has 28 heavy (non-hydrogen) atoms. The molecule has 146 valence electrons. The lowest BCUT2D eigenvalue weighted by atomic mass is 10.0. The maximum absolute atomic E-state index is 14.1. The zero-order valence-corrected chi connectivity index (χ0v) is 16.3. The second kappa shape index (κ2) is 7.80. The van der Waals surface area contributed by atoms with Gasteiger partial charge in [0.15, 0.2) is 0 Å². The number of H-pyrrole nitrogens is 1. The van der Waals surface area contributed by atoms with Gasteiger partial charge in [0.2, 0.25) is 0 Å². The van der Waals surface area contributed by atoms with Crippen LogP contribution in [0.25, 0.3) is 10.9 Å². The van der Waals surface area contributed by atoms with Crippen molar-refractivity contribution in [1.29, 1.82) is 0 Å². The third-order valence-corrected chi connectivity index (χ3v) is 4.56. The Morgan fingerprint density at radius 1 is 1.21 bits per heavy atom. The van der Waals surface area contributed by atoms with Gasteiger partial charge in [-0.3, -0.25) is 9.78 Å². The summed E-state index contributed by atoms with van der Waals surface area (Å²) in [6.07, 6.45) is 1.42. The Morgan fingerprint density at radius 3 is 2.64 bits per heavy atom. The Hall–Kier alpha value is -3.22. The predicted molar refractivity (Wildman–Crippen MR) is 106 cm³/mol. The molecule has 0 fully saturated rings. The lowest BCUT2D eigenvalue weighted by molar-refractivity contribution is 0.0527. The number of carbonyl (C=O) groups excluding carboxylic acids is 1. The molecule has 0 spiro atoms. The number of fused-ring (bicyclic) bond motifs is 1. The molecule has 2 heterocycles. The Kier molecular flexibility index (Phi) is 5.44. The van der Waals surface area contributed by atoms with Gasteiger partial charge in [0, 0.05) is 29.4 Å². The highest BCUT2D eigenvalue weighted by Crippen LogP contribution is 2.30. The third-order valence-electron chi connectivity index (χ3n) is 4.56. The van der Waals surface area contributed by atoms with Crippen molar-refractivity contribution in [3.05, 3.63) is 68.5 Å². The van der Waals surface area contributed by atoms with E-state index in [2.05, 4.69) is 15.3 Å². The monoisotopic (exact) mass is 383 g/mol. The van der Waals surface area contributed by atoms with Gasteiger partial charge >= 0.3 is 5.97 Å². The zero-order chi connectivity index (χ0) is 20.4. The molecule has 0 saturated carbocycles. The first kappa shape index (κ1) is 19.5. The third kappa shape index (κ3) is 3.74. The zero-order valence-electron chi connectivity index (χ0n) is 16.3. The van der Waals surface area contributed by atoms with Gasteiger partial charge in [-0.15, -0.1) is 0 Å². The number of halogens is 1. The van der Waals surface area contributed by atoms with Crippen LogP contribution in [0.1, 0.15) is 39.7 Å². The van der Waals surface area contributed by atoms with Crippen LogP contribution < -0.4 is 10.9 Å². The molecule has 0 aliphatic heterocycles. The molecule has 0 unspecified atom stereocenters. The Balaban J connectivity index is 2.13. The van der Waals surface area contributed by atoms with Crippen molar-refractivity contribution in [3.8, 4) is 0 Å². The number of nitrogens with one attached hydrogen (secondary N) is 2. The van der Waals surface area contributed by atoms with E-state index in [0.717, 1.165) is 11.3 Å². The van der Waals surface area contributed by atoms with E-state index in [-0.39, 0.29) is 24.3 Å². The van der Waals surface area contributed by atoms with Gasteiger partial charge in [0.1, 0.15) is 11.4 Å². The van der Waals surface area contributed by atoms with Crippen molar-refractivity contribution in [2.24, 2.45) is 0 Å². The summed E-state index contributed by atoms with van der Waals surface area (Å²) in [6, 6.07) is 4.59. The number of aromatic nitrogens is 2. The van der Waals surface area contributed by atoms with Gasteiger partial charge < -0.3 is 15.0 Å². The Morgan fingerprint density at radius 2 is 1.96 bits per heavy atom. The van der Waals surface area contributed by atoms with E-state index in [1.807, 2.05) is 19.9 Å². The largest absolute Gasteiger partial charge is 0.462 e. The average Bonchev–Trinajstić information content (AvgIpc) is 2.60. The minimum Gasteiger partial charge on any atom is -0.462 e. The second-order valence-electron chi connectivity index (χ2n) is 6.68. The minimum absolute atomic E-state index is 0.169. The summed E-state index contributed by atoms with van der Waals surface area (Å²) >= 11 is 0. The van der Waals surface area contributed by atoms with Gasteiger partial charge in [-0.1, -0.05) is 0 Å². The molecule has 3 rings (SSSR count). The van der Waals surface area contributed by atoms with Crippen molar-refractivity contribution in [1.82, 2.24) is 9.97 Å². The molecule has 3 aromatic rings. The first-order valence-electron chi connectivity index (χ1n) is 9.01. The molecular formula is C21H22FN3O3. The smallest absolute Gasteiger partial charge is 0.341 e. The molecule has 0 bridgehead atoms. The average molecular weight is 383 g/mol. The highest BCUT2D eigenvalue weighted by Gasteiger charge is 2.19. The van der Waals surface area contributed by atoms with Gasteiger partial charge in [0.05, 0.1) is 17.8 Å². The molecule has 6 nitrogen and oxygen atoms in total. The number of ether oxygens (including phenoxy) is 1. The van der Waals surface area contributed by atoms with Gasteiger partial charge in [0.25, 0.3) is 5.56 Å². The van der Waals surface area contributed by atoms with Crippen molar-refractivity contribution >= 4 is 22.6 Å². The Bertz CT molecular complexity index is 1120. The minimum atomic E-state index is -0.559. The van der Waals surface area contributed by atoms with E-state index in [4.69, 9.17) is 4.74 Å². The molecule has 2 N–H and O–H groups in total. The van der Waals surface area contributed by atoms with E-state index >= 15 is 0 Å². The maximum atomic E-state index is 14.1. The van der Waals surface area contributed by atoms with Crippen LogP contribution in [-0.4, -0.2) is 22.5 Å². The van der Waals surface area contributed by atoms with Gasteiger partial charge in [-0.25, -0.2) is 9.18 Å². The van der Waals surface area contributed by atoms with Crippen LogP contribution in [0.2, 0.25) is 0 Å².